The number of aromatic nitrogens is 1. The molecule has 32 heavy (non-hydrogen) atoms. The molecule has 3 amide bonds. The smallest absolute Gasteiger partial charge is 0.287 e. The Kier molecular flexibility index (Phi) is 5.85. The molecule has 0 aliphatic carbocycles. The fourth-order valence-electron chi connectivity index (χ4n) is 4.01. The first-order valence-corrected chi connectivity index (χ1v) is 10.4. The highest BCUT2D eigenvalue weighted by Crippen LogP contribution is 2.24. The molecule has 4 rings (SSSR count). The number of carbonyl (C=O) groups is 3. The average molecular weight is 437 g/mol. The zero-order valence-corrected chi connectivity index (χ0v) is 17.7. The van der Waals surface area contributed by atoms with Crippen molar-refractivity contribution in [1.82, 2.24) is 14.8 Å². The number of amides is 3. The van der Waals surface area contributed by atoms with Crippen LogP contribution in [0.25, 0.3) is 0 Å². The fourth-order valence-corrected chi connectivity index (χ4v) is 4.01. The van der Waals surface area contributed by atoms with Gasteiger partial charge in [0.15, 0.2) is 0 Å². The van der Waals surface area contributed by atoms with E-state index in [1.165, 1.54) is 17.2 Å². The van der Waals surface area contributed by atoms with Gasteiger partial charge in [0.2, 0.25) is 5.91 Å². The normalized spacial score (nSPS) is 15.8. The van der Waals surface area contributed by atoms with Gasteiger partial charge in [0.1, 0.15) is 12.0 Å². The van der Waals surface area contributed by atoms with Crippen molar-refractivity contribution >= 4 is 29.2 Å². The summed E-state index contributed by atoms with van der Waals surface area (Å²) >= 11 is 0. The number of piperazine rings is 1. The van der Waals surface area contributed by atoms with Crippen LogP contribution in [0.4, 0.5) is 11.5 Å². The van der Waals surface area contributed by atoms with Crippen molar-refractivity contribution < 1.29 is 19.3 Å². The number of pyridine rings is 1. The number of fused-ring (bicyclic) bond motifs is 1. The zero-order valence-electron chi connectivity index (χ0n) is 17.7. The second kappa shape index (κ2) is 8.74. The Morgan fingerprint density at radius 1 is 1.06 bits per heavy atom. The zero-order chi connectivity index (χ0) is 22.8. The summed E-state index contributed by atoms with van der Waals surface area (Å²) in [7, 11) is 0. The van der Waals surface area contributed by atoms with Crippen LogP contribution in [0.1, 0.15) is 39.1 Å². The monoisotopic (exact) mass is 437 g/mol. The molecule has 0 spiro atoms. The number of hydrogen-bond donors (Lipinski definition) is 0. The summed E-state index contributed by atoms with van der Waals surface area (Å²) in [4.78, 5) is 57.0. The molecule has 10 heteroatoms. The third kappa shape index (κ3) is 4.16. The van der Waals surface area contributed by atoms with Crippen LogP contribution in [-0.2, 0) is 4.79 Å². The number of aryl methyl sites for hydroxylation is 1. The third-order valence-electron chi connectivity index (χ3n) is 5.80. The molecule has 0 saturated carbocycles. The summed E-state index contributed by atoms with van der Waals surface area (Å²) in [6.45, 7) is 4.27. The molecule has 1 aromatic carbocycles. The molecule has 1 saturated heterocycles. The molecule has 1 fully saturated rings. The lowest BCUT2D eigenvalue weighted by Gasteiger charge is -2.35. The summed E-state index contributed by atoms with van der Waals surface area (Å²) in [5.74, 6) is 0.0179. The van der Waals surface area contributed by atoms with Crippen molar-refractivity contribution in [2.75, 3.05) is 37.6 Å². The van der Waals surface area contributed by atoms with Crippen LogP contribution in [0.5, 0.6) is 0 Å². The Morgan fingerprint density at radius 3 is 2.44 bits per heavy atom. The van der Waals surface area contributed by atoms with E-state index in [4.69, 9.17) is 0 Å². The van der Waals surface area contributed by atoms with Gasteiger partial charge < -0.3 is 9.80 Å². The van der Waals surface area contributed by atoms with Crippen molar-refractivity contribution in [1.29, 1.82) is 0 Å². The molecular weight excluding hydrogens is 414 g/mol. The molecule has 166 valence electrons. The van der Waals surface area contributed by atoms with Gasteiger partial charge in [-0.25, -0.2) is 4.98 Å². The lowest BCUT2D eigenvalue weighted by molar-refractivity contribution is -0.385. The number of hydrogen-bond acceptors (Lipinski definition) is 7. The Morgan fingerprint density at radius 2 is 1.78 bits per heavy atom. The molecule has 2 aliphatic rings. The minimum Gasteiger partial charge on any atom is -0.353 e. The van der Waals surface area contributed by atoms with Gasteiger partial charge in [0, 0.05) is 45.2 Å². The van der Waals surface area contributed by atoms with E-state index in [9.17, 15) is 24.5 Å². The Bertz CT molecular complexity index is 1080. The van der Waals surface area contributed by atoms with E-state index in [-0.39, 0.29) is 36.4 Å². The van der Waals surface area contributed by atoms with Crippen LogP contribution < -0.4 is 4.90 Å². The highest BCUT2D eigenvalue weighted by Gasteiger charge is 2.35. The Labute approximate surface area is 184 Å². The fraction of sp³-hybridized carbons (Fsp3) is 0.364. The van der Waals surface area contributed by atoms with Crippen molar-refractivity contribution in [3.63, 3.8) is 0 Å². The molecule has 3 heterocycles. The average Bonchev–Trinajstić information content (AvgIpc) is 3.03. The third-order valence-corrected chi connectivity index (χ3v) is 5.80. The van der Waals surface area contributed by atoms with Crippen LogP contribution >= 0.6 is 0 Å². The lowest BCUT2D eigenvalue weighted by Crippen LogP contribution is -2.49. The summed E-state index contributed by atoms with van der Waals surface area (Å²) in [6, 6.07) is 8.23. The van der Waals surface area contributed by atoms with Crippen LogP contribution in [0.15, 0.2) is 36.5 Å². The molecule has 0 radical (unpaired) electrons. The highest BCUT2D eigenvalue weighted by molar-refractivity contribution is 6.21. The summed E-state index contributed by atoms with van der Waals surface area (Å²) in [5, 5.41) is 10.8. The van der Waals surface area contributed by atoms with Gasteiger partial charge in [-0.15, -0.1) is 0 Å². The van der Waals surface area contributed by atoms with E-state index in [2.05, 4.69) is 4.98 Å². The molecular formula is C22H23N5O5. The van der Waals surface area contributed by atoms with E-state index < -0.39 is 4.92 Å². The van der Waals surface area contributed by atoms with E-state index in [0.29, 0.717) is 49.5 Å². The van der Waals surface area contributed by atoms with Gasteiger partial charge in [0.25, 0.3) is 17.5 Å². The van der Waals surface area contributed by atoms with Gasteiger partial charge in [-0.1, -0.05) is 11.6 Å². The molecule has 0 N–H and O–H groups in total. The molecule has 2 aromatic rings. The van der Waals surface area contributed by atoms with Gasteiger partial charge in [-0.05, 0) is 31.5 Å². The predicted molar refractivity (Wildman–Crippen MR) is 115 cm³/mol. The Hall–Kier alpha value is -3.82. The molecule has 0 unspecified atom stereocenters. The molecule has 1 aromatic heterocycles. The van der Waals surface area contributed by atoms with Crippen LogP contribution in [0.3, 0.4) is 0 Å². The summed E-state index contributed by atoms with van der Waals surface area (Å²) < 4.78 is 0. The number of anilines is 1. The van der Waals surface area contributed by atoms with Crippen molar-refractivity contribution in [3.8, 4) is 0 Å². The topological polar surface area (TPSA) is 117 Å². The number of carbonyl (C=O) groups excluding carboxylic acids is 3. The molecule has 10 nitrogen and oxygen atoms in total. The van der Waals surface area contributed by atoms with Crippen LogP contribution in [0.2, 0.25) is 0 Å². The minimum atomic E-state index is -0.490. The number of nitro groups is 1. The number of nitrogens with zero attached hydrogens (tertiary/aromatic N) is 5. The summed E-state index contributed by atoms with van der Waals surface area (Å²) in [5.41, 5.74) is 1.71. The summed E-state index contributed by atoms with van der Waals surface area (Å²) in [6.07, 6.45) is 1.89. The maximum absolute atomic E-state index is 12.6. The van der Waals surface area contributed by atoms with Gasteiger partial charge in [0.05, 0.1) is 16.1 Å². The first-order valence-electron chi connectivity index (χ1n) is 10.4. The van der Waals surface area contributed by atoms with Gasteiger partial charge in [-0.3, -0.25) is 29.4 Å². The molecule has 2 aliphatic heterocycles. The van der Waals surface area contributed by atoms with Crippen molar-refractivity contribution in [3.05, 3.63) is 63.3 Å². The minimum absolute atomic E-state index is 0.0197. The van der Waals surface area contributed by atoms with Crippen molar-refractivity contribution in [2.24, 2.45) is 0 Å². The Balaban J connectivity index is 1.25. The van der Waals surface area contributed by atoms with Gasteiger partial charge in [-0.2, -0.15) is 0 Å². The number of benzene rings is 1. The maximum Gasteiger partial charge on any atom is 0.287 e. The first-order chi connectivity index (χ1) is 15.3. The van der Waals surface area contributed by atoms with Crippen LogP contribution in [0, 0.1) is 17.0 Å². The molecule has 0 atom stereocenters. The van der Waals surface area contributed by atoms with E-state index in [0.717, 1.165) is 5.56 Å². The second-order valence-electron chi connectivity index (χ2n) is 7.91. The SMILES string of the molecule is Cc1ccc2c(c1)C(=O)N(CCCC(=O)N1CCN(c3ccc([N+](=O)[O-])cn3)CC1)C2=O. The lowest BCUT2D eigenvalue weighted by atomic mass is 10.1. The quantitative estimate of drug-likeness (QED) is 0.385. The van der Waals surface area contributed by atoms with E-state index >= 15 is 0 Å². The number of imide groups is 1. The predicted octanol–water partition coefficient (Wildman–Crippen LogP) is 2.02. The molecule has 0 bridgehead atoms. The largest absolute Gasteiger partial charge is 0.353 e. The highest BCUT2D eigenvalue weighted by atomic mass is 16.6. The van der Waals surface area contributed by atoms with E-state index in [1.54, 1.807) is 23.1 Å². The van der Waals surface area contributed by atoms with Crippen LogP contribution in [-0.4, -0.2) is 70.2 Å². The second-order valence-corrected chi connectivity index (χ2v) is 7.91. The maximum atomic E-state index is 12.6. The number of rotatable bonds is 6. The van der Waals surface area contributed by atoms with Gasteiger partial charge >= 0.3 is 0 Å². The van der Waals surface area contributed by atoms with Crippen molar-refractivity contribution in [2.45, 2.75) is 19.8 Å². The van der Waals surface area contributed by atoms with E-state index in [1.807, 2.05) is 17.9 Å². The standard InChI is InChI=1S/C22H23N5O5/c1-15-4-6-17-18(13-15)22(30)26(21(17)29)8-2-3-20(28)25-11-9-24(10-12-25)19-7-5-16(14-23-19)27(31)32/h4-7,13-14H,2-3,8-12H2,1H3. The first kappa shape index (κ1) is 21.4.